The number of carboxylic acid groups (broad SMARTS) is 1. The van der Waals surface area contributed by atoms with Gasteiger partial charge in [0.15, 0.2) is 0 Å². The summed E-state index contributed by atoms with van der Waals surface area (Å²) in [5, 5.41) is 18.1. The number of aliphatic carboxylic acids is 1. The minimum absolute atomic E-state index is 0.131. The van der Waals surface area contributed by atoms with E-state index in [0.29, 0.717) is 19.3 Å². The van der Waals surface area contributed by atoms with Crippen LogP contribution in [0.5, 0.6) is 0 Å². The molecule has 0 aliphatic heterocycles. The van der Waals surface area contributed by atoms with Crippen molar-refractivity contribution in [1.82, 2.24) is 0 Å². The van der Waals surface area contributed by atoms with Gasteiger partial charge >= 0.3 is 5.97 Å². The Labute approximate surface area is 89.4 Å². The summed E-state index contributed by atoms with van der Waals surface area (Å²) >= 11 is 0. The van der Waals surface area contributed by atoms with E-state index in [0.717, 1.165) is 5.56 Å². The van der Waals surface area contributed by atoms with E-state index >= 15 is 0 Å². The fourth-order valence-electron chi connectivity index (χ4n) is 1.48. The van der Waals surface area contributed by atoms with Crippen LogP contribution in [0.3, 0.4) is 0 Å². The summed E-state index contributed by atoms with van der Waals surface area (Å²) < 4.78 is 0. The number of hydrogen-bond acceptors (Lipinski definition) is 2. The Bertz CT molecular complexity index is 295. The second-order valence-corrected chi connectivity index (χ2v) is 3.63. The van der Waals surface area contributed by atoms with E-state index in [9.17, 15) is 9.90 Å². The third-order valence-electron chi connectivity index (χ3n) is 2.24. The quantitative estimate of drug-likeness (QED) is 0.750. The second-order valence-electron chi connectivity index (χ2n) is 3.63. The summed E-state index contributed by atoms with van der Waals surface area (Å²) in [4.78, 5) is 10.3. The highest BCUT2D eigenvalue weighted by Gasteiger charge is 2.06. The smallest absolute Gasteiger partial charge is 0.303 e. The SMILES string of the molecule is O=C(O)CCCC(O)Cc1ccccc1. The number of hydrogen-bond donors (Lipinski definition) is 2. The Morgan fingerprint density at radius 2 is 1.93 bits per heavy atom. The average Bonchev–Trinajstić information content (AvgIpc) is 2.18. The van der Waals surface area contributed by atoms with Crippen LogP contribution < -0.4 is 0 Å². The summed E-state index contributed by atoms with van der Waals surface area (Å²) in [6.45, 7) is 0. The Morgan fingerprint density at radius 3 is 2.53 bits per heavy atom. The first-order valence-corrected chi connectivity index (χ1v) is 5.12. The first-order valence-electron chi connectivity index (χ1n) is 5.12. The number of carboxylic acids is 1. The molecule has 0 spiro atoms. The summed E-state index contributed by atoms with van der Waals surface area (Å²) in [5.41, 5.74) is 1.08. The van der Waals surface area contributed by atoms with E-state index in [2.05, 4.69) is 0 Å². The molecule has 0 saturated carbocycles. The maximum Gasteiger partial charge on any atom is 0.303 e. The Hall–Kier alpha value is -1.35. The van der Waals surface area contributed by atoms with Crippen molar-refractivity contribution in [2.24, 2.45) is 0 Å². The van der Waals surface area contributed by atoms with Crippen molar-refractivity contribution < 1.29 is 15.0 Å². The molecule has 0 heterocycles. The molecule has 0 aliphatic rings. The highest BCUT2D eigenvalue weighted by molar-refractivity contribution is 5.66. The lowest BCUT2D eigenvalue weighted by molar-refractivity contribution is -0.137. The summed E-state index contributed by atoms with van der Waals surface area (Å²) in [6.07, 6.45) is 1.36. The van der Waals surface area contributed by atoms with Crippen LogP contribution in [-0.2, 0) is 11.2 Å². The van der Waals surface area contributed by atoms with E-state index in [4.69, 9.17) is 5.11 Å². The van der Waals surface area contributed by atoms with Gasteiger partial charge < -0.3 is 10.2 Å². The van der Waals surface area contributed by atoms with Crippen LogP contribution in [0.2, 0.25) is 0 Å². The molecule has 1 rings (SSSR count). The Kier molecular flexibility index (Phi) is 4.84. The van der Waals surface area contributed by atoms with Gasteiger partial charge in [-0.15, -0.1) is 0 Å². The first-order chi connectivity index (χ1) is 7.18. The lowest BCUT2D eigenvalue weighted by Crippen LogP contribution is -2.11. The molecule has 1 atom stereocenters. The van der Waals surface area contributed by atoms with Gasteiger partial charge in [-0.3, -0.25) is 4.79 Å². The maximum absolute atomic E-state index is 10.3. The summed E-state index contributed by atoms with van der Waals surface area (Å²) in [7, 11) is 0. The number of rotatable bonds is 6. The van der Waals surface area contributed by atoms with Gasteiger partial charge in [0.25, 0.3) is 0 Å². The number of aliphatic hydroxyl groups excluding tert-OH is 1. The summed E-state index contributed by atoms with van der Waals surface area (Å²) in [5.74, 6) is -0.804. The van der Waals surface area contributed by atoms with Gasteiger partial charge in [-0.05, 0) is 24.8 Å². The number of benzene rings is 1. The fraction of sp³-hybridized carbons (Fsp3) is 0.417. The molecule has 0 amide bonds. The van der Waals surface area contributed by atoms with Crippen molar-refractivity contribution in [2.75, 3.05) is 0 Å². The van der Waals surface area contributed by atoms with Crippen molar-refractivity contribution in [3.8, 4) is 0 Å². The normalized spacial score (nSPS) is 12.3. The molecule has 3 heteroatoms. The molecule has 0 aliphatic carbocycles. The third-order valence-corrected chi connectivity index (χ3v) is 2.24. The molecule has 0 radical (unpaired) electrons. The fourth-order valence-corrected chi connectivity index (χ4v) is 1.48. The zero-order valence-corrected chi connectivity index (χ0v) is 8.60. The average molecular weight is 208 g/mol. The van der Waals surface area contributed by atoms with Crippen molar-refractivity contribution in [3.63, 3.8) is 0 Å². The molecule has 15 heavy (non-hydrogen) atoms. The molecule has 0 aromatic heterocycles. The maximum atomic E-state index is 10.3. The summed E-state index contributed by atoms with van der Waals surface area (Å²) in [6, 6.07) is 9.71. The van der Waals surface area contributed by atoms with Crippen LogP contribution in [0, 0.1) is 0 Å². The zero-order valence-electron chi connectivity index (χ0n) is 8.60. The van der Waals surface area contributed by atoms with Gasteiger partial charge in [0.2, 0.25) is 0 Å². The zero-order chi connectivity index (χ0) is 11.1. The Morgan fingerprint density at radius 1 is 1.27 bits per heavy atom. The van der Waals surface area contributed by atoms with Gasteiger partial charge in [0, 0.05) is 6.42 Å². The largest absolute Gasteiger partial charge is 0.481 e. The van der Waals surface area contributed by atoms with Crippen LogP contribution in [0.25, 0.3) is 0 Å². The molecule has 1 aromatic rings. The van der Waals surface area contributed by atoms with Crippen molar-refractivity contribution in [1.29, 1.82) is 0 Å². The molecule has 0 bridgehead atoms. The highest BCUT2D eigenvalue weighted by atomic mass is 16.4. The van der Waals surface area contributed by atoms with Crippen LogP contribution in [0.4, 0.5) is 0 Å². The molecule has 82 valence electrons. The van der Waals surface area contributed by atoms with E-state index in [1.165, 1.54) is 0 Å². The molecule has 1 unspecified atom stereocenters. The number of aliphatic hydroxyl groups is 1. The lowest BCUT2D eigenvalue weighted by Gasteiger charge is -2.09. The first kappa shape index (κ1) is 11.7. The lowest BCUT2D eigenvalue weighted by atomic mass is 10.0. The van der Waals surface area contributed by atoms with E-state index in [1.54, 1.807) is 0 Å². The molecule has 1 aromatic carbocycles. The molecule has 0 fully saturated rings. The van der Waals surface area contributed by atoms with Gasteiger partial charge in [0.05, 0.1) is 6.10 Å². The molecule has 3 nitrogen and oxygen atoms in total. The predicted molar refractivity (Wildman–Crippen MR) is 57.6 cm³/mol. The monoisotopic (exact) mass is 208 g/mol. The third kappa shape index (κ3) is 5.18. The van der Waals surface area contributed by atoms with Gasteiger partial charge in [-0.1, -0.05) is 30.3 Å². The van der Waals surface area contributed by atoms with E-state index < -0.39 is 12.1 Å². The van der Waals surface area contributed by atoms with E-state index in [-0.39, 0.29) is 6.42 Å². The van der Waals surface area contributed by atoms with Crippen LogP contribution >= 0.6 is 0 Å². The Balaban J connectivity index is 2.24. The minimum Gasteiger partial charge on any atom is -0.481 e. The van der Waals surface area contributed by atoms with Crippen molar-refractivity contribution in [3.05, 3.63) is 35.9 Å². The topological polar surface area (TPSA) is 57.5 Å². The van der Waals surface area contributed by atoms with E-state index in [1.807, 2.05) is 30.3 Å². The minimum atomic E-state index is -0.804. The molecule has 0 saturated heterocycles. The molecular formula is C12H16O3. The molecule has 2 N–H and O–H groups in total. The second kappa shape index (κ2) is 6.19. The van der Waals surface area contributed by atoms with Crippen LogP contribution in [0.15, 0.2) is 30.3 Å². The molecular weight excluding hydrogens is 192 g/mol. The highest BCUT2D eigenvalue weighted by Crippen LogP contribution is 2.08. The van der Waals surface area contributed by atoms with Crippen LogP contribution in [-0.4, -0.2) is 22.3 Å². The standard InChI is InChI=1S/C12H16O3/c13-11(7-4-8-12(14)15)9-10-5-2-1-3-6-10/h1-3,5-6,11,13H,4,7-9H2,(H,14,15). The van der Waals surface area contributed by atoms with Gasteiger partial charge in [-0.2, -0.15) is 0 Å². The van der Waals surface area contributed by atoms with Crippen molar-refractivity contribution >= 4 is 5.97 Å². The number of carbonyl (C=O) groups is 1. The predicted octanol–water partition coefficient (Wildman–Crippen LogP) is 1.84. The van der Waals surface area contributed by atoms with Gasteiger partial charge in [-0.25, -0.2) is 0 Å². The van der Waals surface area contributed by atoms with Crippen LogP contribution in [0.1, 0.15) is 24.8 Å². The van der Waals surface area contributed by atoms with Gasteiger partial charge in [0.1, 0.15) is 0 Å². The van der Waals surface area contributed by atoms with Crippen molar-refractivity contribution in [2.45, 2.75) is 31.8 Å².